The van der Waals surface area contributed by atoms with Crippen molar-refractivity contribution in [2.75, 3.05) is 6.54 Å². The summed E-state index contributed by atoms with van der Waals surface area (Å²) in [6, 6.07) is 18.9. The second-order valence-corrected chi connectivity index (χ2v) is 7.33. The minimum Gasteiger partial charge on any atom is -0.354 e. The number of benzene rings is 2. The first kappa shape index (κ1) is 15.9. The lowest BCUT2D eigenvalue weighted by Crippen LogP contribution is -1.99. The molecule has 2 aromatic heterocycles. The number of unbranched alkanes of at least 4 members (excludes halogenated alkanes) is 1. The molecule has 4 aromatic rings. The van der Waals surface area contributed by atoms with Crippen molar-refractivity contribution in [3.8, 4) is 16.6 Å². The van der Waals surface area contributed by atoms with Crippen molar-refractivity contribution < 1.29 is 0 Å². The molecule has 0 bridgehead atoms. The Bertz CT molecular complexity index is 1050. The number of nitrogens with two attached hydrogens (primary N) is 1. The lowest BCUT2D eigenvalue weighted by Gasteiger charge is -2.03. The molecule has 0 amide bonds. The van der Waals surface area contributed by atoms with Gasteiger partial charge in [-0.15, -0.1) is 11.3 Å². The van der Waals surface area contributed by atoms with Gasteiger partial charge in [0.15, 0.2) is 0 Å². The van der Waals surface area contributed by atoms with E-state index in [4.69, 9.17) is 5.73 Å². The number of thiophene rings is 1. The number of hydrogen-bond donors (Lipinski definition) is 2. The molecule has 0 aliphatic carbocycles. The topological polar surface area (TPSA) is 65.6 Å². The molecule has 124 valence electrons. The van der Waals surface area contributed by atoms with Crippen LogP contribution in [0.1, 0.15) is 24.0 Å². The lowest BCUT2D eigenvalue weighted by atomic mass is 10.0. The molecule has 25 heavy (non-hydrogen) atoms. The summed E-state index contributed by atoms with van der Waals surface area (Å²) in [6.45, 7) is 0.712. The molecule has 0 fully saturated rings. The fraction of sp³-hybridized carbons (Fsp3) is 0.190. The molecule has 2 aromatic carbocycles. The van der Waals surface area contributed by atoms with Crippen LogP contribution in [-0.4, -0.2) is 11.5 Å². The van der Waals surface area contributed by atoms with Gasteiger partial charge in [0.25, 0.3) is 0 Å². The summed E-state index contributed by atoms with van der Waals surface area (Å²) in [5, 5.41) is 11.7. The largest absolute Gasteiger partial charge is 0.354 e. The summed E-state index contributed by atoms with van der Waals surface area (Å²) in [5.41, 5.74) is 9.95. The van der Waals surface area contributed by atoms with E-state index in [9.17, 15) is 5.26 Å². The summed E-state index contributed by atoms with van der Waals surface area (Å²) in [6.07, 6.45) is 3.03. The molecule has 0 radical (unpaired) electrons. The van der Waals surface area contributed by atoms with Gasteiger partial charge in [0.2, 0.25) is 0 Å². The number of H-pyrrole nitrogens is 1. The summed E-state index contributed by atoms with van der Waals surface area (Å²) in [4.78, 5) is 4.84. The number of nitrogens with zero attached hydrogens (tertiary/aromatic N) is 1. The van der Waals surface area contributed by atoms with Crippen LogP contribution in [0.5, 0.6) is 0 Å². The van der Waals surface area contributed by atoms with Crippen molar-refractivity contribution in [3.63, 3.8) is 0 Å². The first-order chi connectivity index (χ1) is 12.3. The molecule has 2 heterocycles. The Morgan fingerprint density at radius 3 is 2.76 bits per heavy atom. The van der Waals surface area contributed by atoms with E-state index in [1.54, 1.807) is 0 Å². The minimum atomic E-state index is 0.703. The zero-order valence-electron chi connectivity index (χ0n) is 13.9. The monoisotopic (exact) mass is 345 g/mol. The van der Waals surface area contributed by atoms with Gasteiger partial charge in [-0.25, -0.2) is 0 Å². The number of nitriles is 1. The highest BCUT2D eigenvalue weighted by Gasteiger charge is 2.15. The third kappa shape index (κ3) is 2.93. The highest BCUT2D eigenvalue weighted by molar-refractivity contribution is 7.22. The van der Waals surface area contributed by atoms with Crippen LogP contribution < -0.4 is 5.73 Å². The molecular weight excluding hydrogens is 326 g/mol. The number of aryl methyl sites for hydroxylation is 1. The van der Waals surface area contributed by atoms with E-state index < -0.39 is 0 Å². The number of fused-ring (bicyclic) bond motifs is 2. The molecule has 0 saturated heterocycles. The molecule has 0 aliphatic rings. The molecular formula is C21H19N3S. The van der Waals surface area contributed by atoms with E-state index in [0.717, 1.165) is 30.2 Å². The second kappa shape index (κ2) is 6.72. The first-order valence-electron chi connectivity index (χ1n) is 8.54. The number of nitrogens with one attached hydrogen (secondary N) is 1. The quantitative estimate of drug-likeness (QED) is 0.488. The molecule has 0 saturated carbocycles. The average molecular weight is 345 g/mol. The van der Waals surface area contributed by atoms with Gasteiger partial charge in [0.1, 0.15) is 0 Å². The molecule has 3 N–H and O–H groups in total. The summed E-state index contributed by atoms with van der Waals surface area (Å²) in [7, 11) is 0. The van der Waals surface area contributed by atoms with Gasteiger partial charge in [-0.05, 0) is 67.1 Å². The standard InChI is InChI=1S/C21H19N3S/c22-10-4-3-6-16-17-11-14(13-23)8-9-18(17)24-21(16)20-12-15-5-1-2-7-19(15)25-20/h1-2,5,7-9,11-12,24H,3-4,6,10,22H2. The SMILES string of the molecule is N#Cc1ccc2[nH]c(-c3cc4ccccc4s3)c(CCCCN)c2c1. The molecule has 0 aliphatic heterocycles. The van der Waals surface area contributed by atoms with Crippen LogP contribution >= 0.6 is 11.3 Å². The number of hydrogen-bond acceptors (Lipinski definition) is 3. The van der Waals surface area contributed by atoms with Crippen molar-refractivity contribution >= 4 is 32.3 Å². The van der Waals surface area contributed by atoms with Crippen molar-refractivity contribution in [2.24, 2.45) is 5.73 Å². The van der Waals surface area contributed by atoms with E-state index in [-0.39, 0.29) is 0 Å². The van der Waals surface area contributed by atoms with Gasteiger partial charge in [-0.3, -0.25) is 0 Å². The maximum absolute atomic E-state index is 9.25. The highest BCUT2D eigenvalue weighted by Crippen LogP contribution is 2.38. The van der Waals surface area contributed by atoms with E-state index in [1.807, 2.05) is 29.5 Å². The van der Waals surface area contributed by atoms with Gasteiger partial charge in [0.05, 0.1) is 22.2 Å². The first-order valence-corrected chi connectivity index (χ1v) is 9.35. The van der Waals surface area contributed by atoms with E-state index in [1.165, 1.54) is 26.2 Å². The fourth-order valence-corrected chi connectivity index (χ4v) is 4.43. The molecule has 4 rings (SSSR count). The van der Waals surface area contributed by atoms with Gasteiger partial charge in [-0.1, -0.05) is 18.2 Å². The van der Waals surface area contributed by atoms with Crippen molar-refractivity contribution in [1.82, 2.24) is 4.98 Å². The minimum absolute atomic E-state index is 0.703. The van der Waals surface area contributed by atoms with Crippen LogP contribution in [0.3, 0.4) is 0 Å². The maximum Gasteiger partial charge on any atom is 0.0991 e. The average Bonchev–Trinajstić information content (AvgIpc) is 3.22. The molecule has 0 unspecified atom stereocenters. The van der Waals surface area contributed by atoms with Gasteiger partial charge >= 0.3 is 0 Å². The van der Waals surface area contributed by atoms with Crippen molar-refractivity contribution in [3.05, 3.63) is 59.7 Å². The molecule has 4 heteroatoms. The van der Waals surface area contributed by atoms with Crippen LogP contribution in [0, 0.1) is 11.3 Å². The van der Waals surface area contributed by atoms with E-state index in [0.29, 0.717) is 12.1 Å². The molecule has 0 spiro atoms. The third-order valence-corrected chi connectivity index (χ3v) is 5.72. The third-order valence-electron chi connectivity index (χ3n) is 4.59. The summed E-state index contributed by atoms with van der Waals surface area (Å²) >= 11 is 1.81. The summed E-state index contributed by atoms with van der Waals surface area (Å²) < 4.78 is 1.29. The van der Waals surface area contributed by atoms with Crippen molar-refractivity contribution in [1.29, 1.82) is 5.26 Å². The van der Waals surface area contributed by atoms with Gasteiger partial charge in [-0.2, -0.15) is 5.26 Å². The van der Waals surface area contributed by atoms with Gasteiger partial charge in [0, 0.05) is 15.6 Å². The fourth-order valence-electron chi connectivity index (χ4n) is 3.34. The zero-order chi connectivity index (χ0) is 17.2. The maximum atomic E-state index is 9.25. The normalized spacial score (nSPS) is 11.2. The Balaban J connectivity index is 1.88. The van der Waals surface area contributed by atoms with Crippen LogP contribution in [0.2, 0.25) is 0 Å². The van der Waals surface area contributed by atoms with Crippen LogP contribution in [-0.2, 0) is 6.42 Å². The second-order valence-electron chi connectivity index (χ2n) is 6.24. The molecule has 0 atom stereocenters. The van der Waals surface area contributed by atoms with Crippen LogP contribution in [0.4, 0.5) is 0 Å². The van der Waals surface area contributed by atoms with E-state index in [2.05, 4.69) is 41.4 Å². The molecule has 3 nitrogen and oxygen atoms in total. The Labute approximate surface area is 150 Å². The highest BCUT2D eigenvalue weighted by atomic mass is 32.1. The van der Waals surface area contributed by atoms with E-state index >= 15 is 0 Å². The Morgan fingerprint density at radius 1 is 1.08 bits per heavy atom. The van der Waals surface area contributed by atoms with Gasteiger partial charge < -0.3 is 10.7 Å². The lowest BCUT2D eigenvalue weighted by molar-refractivity contribution is 0.748. The Morgan fingerprint density at radius 2 is 1.96 bits per heavy atom. The van der Waals surface area contributed by atoms with Crippen molar-refractivity contribution in [2.45, 2.75) is 19.3 Å². The Kier molecular flexibility index (Phi) is 4.27. The number of aromatic amines is 1. The van der Waals surface area contributed by atoms with Crippen LogP contribution in [0.15, 0.2) is 48.5 Å². The number of aromatic nitrogens is 1. The Hall–Kier alpha value is -2.61. The predicted octanol–water partition coefficient (Wildman–Crippen LogP) is 5.20. The predicted molar refractivity (Wildman–Crippen MR) is 106 cm³/mol. The number of rotatable bonds is 5. The van der Waals surface area contributed by atoms with Crippen LogP contribution in [0.25, 0.3) is 31.6 Å². The zero-order valence-corrected chi connectivity index (χ0v) is 14.7. The summed E-state index contributed by atoms with van der Waals surface area (Å²) in [5.74, 6) is 0. The smallest absolute Gasteiger partial charge is 0.0991 e.